The molecule has 0 bridgehead atoms. The number of piperidine rings is 1. The molecule has 0 atom stereocenters. The van der Waals surface area contributed by atoms with Gasteiger partial charge in [-0.15, -0.1) is 0 Å². The van der Waals surface area contributed by atoms with Gasteiger partial charge in [0.25, 0.3) is 11.6 Å². The first kappa shape index (κ1) is 18.5. The van der Waals surface area contributed by atoms with Crippen molar-refractivity contribution in [3.05, 3.63) is 74.9 Å². The highest BCUT2D eigenvalue weighted by Gasteiger charge is 2.34. The molecule has 28 heavy (non-hydrogen) atoms. The summed E-state index contributed by atoms with van der Waals surface area (Å²) in [5.41, 5.74) is 2.41. The molecule has 2 heterocycles. The number of benzene rings is 2. The highest BCUT2D eigenvalue weighted by atomic mass is 35.5. The smallest absolute Gasteiger partial charge is 0.271 e. The summed E-state index contributed by atoms with van der Waals surface area (Å²) in [5.74, 6) is -0.0433. The highest BCUT2D eigenvalue weighted by molar-refractivity contribution is 6.30. The van der Waals surface area contributed by atoms with E-state index >= 15 is 0 Å². The van der Waals surface area contributed by atoms with Gasteiger partial charge in [0.05, 0.1) is 16.0 Å². The van der Waals surface area contributed by atoms with Crippen molar-refractivity contribution in [3.8, 4) is 0 Å². The second-order valence-electron chi connectivity index (χ2n) is 7.55. The maximum Gasteiger partial charge on any atom is 0.271 e. The summed E-state index contributed by atoms with van der Waals surface area (Å²) in [6.45, 7) is 3.55. The van der Waals surface area contributed by atoms with Crippen molar-refractivity contribution in [2.24, 2.45) is 0 Å². The number of halogens is 1. The number of nitrogens with one attached hydrogen (secondary N) is 1. The van der Waals surface area contributed by atoms with Crippen LogP contribution < -0.4 is 0 Å². The Labute approximate surface area is 167 Å². The minimum absolute atomic E-state index is 0.00468. The van der Waals surface area contributed by atoms with Crippen LogP contribution in [0.1, 0.15) is 35.7 Å². The zero-order valence-electron chi connectivity index (χ0n) is 15.4. The number of nitrogens with zero attached hydrogens (tertiary/aromatic N) is 2. The van der Waals surface area contributed by atoms with Gasteiger partial charge in [-0.25, -0.2) is 0 Å². The SMILES string of the molecule is CC1(c2ccc(Cl)cc2)CCN(C(=O)c2c[nH]c3cc([N+](=O)[O-])ccc23)CC1. The average molecular weight is 398 g/mol. The van der Waals surface area contributed by atoms with Gasteiger partial charge in [0.15, 0.2) is 0 Å². The molecule has 1 aliphatic rings. The average Bonchev–Trinajstić information content (AvgIpc) is 3.11. The first-order chi connectivity index (χ1) is 13.4. The Morgan fingerprint density at radius 2 is 1.86 bits per heavy atom. The standard InChI is InChI=1S/C21H20ClN3O3/c1-21(14-2-4-15(22)5-3-14)8-10-24(11-9-21)20(26)18-13-23-19-12-16(25(27)28)6-7-17(18)19/h2-7,12-13,23H,8-11H2,1H3. The molecule has 0 radical (unpaired) electrons. The fraction of sp³-hybridized carbons (Fsp3) is 0.286. The number of H-pyrrole nitrogens is 1. The molecule has 4 rings (SSSR count). The summed E-state index contributed by atoms with van der Waals surface area (Å²) >= 11 is 6.00. The van der Waals surface area contributed by atoms with E-state index in [-0.39, 0.29) is 17.0 Å². The van der Waals surface area contributed by atoms with Gasteiger partial charge in [-0.05, 0) is 42.0 Å². The van der Waals surface area contributed by atoms with Crippen LogP contribution in [0.4, 0.5) is 5.69 Å². The Hall–Kier alpha value is -2.86. The van der Waals surface area contributed by atoms with Crippen molar-refractivity contribution in [1.82, 2.24) is 9.88 Å². The number of nitro benzene ring substituents is 1. The lowest BCUT2D eigenvalue weighted by atomic mass is 9.74. The summed E-state index contributed by atoms with van der Waals surface area (Å²) in [6, 6.07) is 12.5. The second-order valence-corrected chi connectivity index (χ2v) is 7.99. The third kappa shape index (κ3) is 3.24. The Morgan fingerprint density at radius 1 is 1.18 bits per heavy atom. The van der Waals surface area contributed by atoms with E-state index in [1.165, 1.54) is 17.7 Å². The Morgan fingerprint density at radius 3 is 2.50 bits per heavy atom. The van der Waals surface area contributed by atoms with Gasteiger partial charge < -0.3 is 9.88 Å². The Balaban J connectivity index is 1.52. The van der Waals surface area contributed by atoms with E-state index in [0.717, 1.165) is 17.9 Å². The van der Waals surface area contributed by atoms with Gasteiger partial charge in [-0.3, -0.25) is 14.9 Å². The van der Waals surface area contributed by atoms with Crippen LogP contribution in [0.15, 0.2) is 48.7 Å². The number of aromatic amines is 1. The lowest BCUT2D eigenvalue weighted by Crippen LogP contribution is -2.43. The zero-order chi connectivity index (χ0) is 19.9. The minimum Gasteiger partial charge on any atom is -0.360 e. The zero-order valence-corrected chi connectivity index (χ0v) is 16.2. The quantitative estimate of drug-likeness (QED) is 0.503. The normalized spacial score (nSPS) is 16.3. The number of aromatic nitrogens is 1. The van der Waals surface area contributed by atoms with Crippen LogP contribution in [0.5, 0.6) is 0 Å². The van der Waals surface area contributed by atoms with Crippen LogP contribution in [-0.4, -0.2) is 33.8 Å². The monoisotopic (exact) mass is 397 g/mol. The van der Waals surface area contributed by atoms with Crippen LogP contribution in [0, 0.1) is 10.1 Å². The first-order valence-corrected chi connectivity index (χ1v) is 9.56. The number of fused-ring (bicyclic) bond motifs is 1. The third-order valence-electron chi connectivity index (χ3n) is 5.80. The molecule has 1 aromatic heterocycles. The number of nitro groups is 1. The van der Waals surface area contributed by atoms with E-state index in [1.54, 1.807) is 12.3 Å². The molecule has 2 aromatic carbocycles. The topological polar surface area (TPSA) is 79.2 Å². The molecule has 7 heteroatoms. The number of carbonyl (C=O) groups is 1. The van der Waals surface area contributed by atoms with Crippen LogP contribution >= 0.6 is 11.6 Å². The molecule has 1 fully saturated rings. The lowest BCUT2D eigenvalue weighted by molar-refractivity contribution is -0.384. The molecule has 1 aliphatic heterocycles. The predicted octanol–water partition coefficient (Wildman–Crippen LogP) is 4.92. The van der Waals surface area contributed by atoms with Crippen LogP contribution in [0.2, 0.25) is 5.02 Å². The summed E-state index contributed by atoms with van der Waals surface area (Å²) in [6.07, 6.45) is 3.38. The van der Waals surface area contributed by atoms with E-state index < -0.39 is 4.92 Å². The summed E-state index contributed by atoms with van der Waals surface area (Å²) in [4.78, 5) is 28.4. The van der Waals surface area contributed by atoms with Crippen molar-refractivity contribution >= 4 is 34.1 Å². The number of non-ortho nitro benzene ring substituents is 1. The van der Waals surface area contributed by atoms with E-state index in [1.807, 2.05) is 17.0 Å². The fourth-order valence-corrected chi connectivity index (χ4v) is 4.05. The van der Waals surface area contributed by atoms with Crippen LogP contribution in [0.25, 0.3) is 10.9 Å². The predicted molar refractivity (Wildman–Crippen MR) is 109 cm³/mol. The Bertz CT molecular complexity index is 1050. The number of rotatable bonds is 3. The van der Waals surface area contributed by atoms with Crippen molar-refractivity contribution in [3.63, 3.8) is 0 Å². The molecule has 0 unspecified atom stereocenters. The summed E-state index contributed by atoms with van der Waals surface area (Å²) < 4.78 is 0. The van der Waals surface area contributed by atoms with Crippen molar-refractivity contribution in [1.29, 1.82) is 0 Å². The molecule has 1 N–H and O–H groups in total. The Kier molecular flexibility index (Phi) is 4.59. The summed E-state index contributed by atoms with van der Waals surface area (Å²) in [5, 5.41) is 12.4. The number of carbonyl (C=O) groups excluding carboxylic acids is 1. The molecule has 144 valence electrons. The fourth-order valence-electron chi connectivity index (χ4n) is 3.92. The molecule has 1 amide bonds. The molecule has 0 saturated carbocycles. The van der Waals surface area contributed by atoms with Gasteiger partial charge in [-0.1, -0.05) is 30.7 Å². The number of amides is 1. The minimum atomic E-state index is -0.440. The van der Waals surface area contributed by atoms with Crippen LogP contribution in [0.3, 0.4) is 0 Å². The molecular weight excluding hydrogens is 378 g/mol. The maximum atomic E-state index is 13.0. The van der Waals surface area contributed by atoms with Crippen LogP contribution in [-0.2, 0) is 5.41 Å². The van der Waals surface area contributed by atoms with Gasteiger partial charge in [-0.2, -0.15) is 0 Å². The molecular formula is C21H20ClN3O3. The number of likely N-dealkylation sites (tertiary alicyclic amines) is 1. The second kappa shape index (κ2) is 6.95. The molecule has 1 saturated heterocycles. The molecule has 3 aromatic rings. The van der Waals surface area contributed by atoms with Gasteiger partial charge >= 0.3 is 0 Å². The van der Waals surface area contributed by atoms with Crippen molar-refractivity contribution in [2.75, 3.05) is 13.1 Å². The highest BCUT2D eigenvalue weighted by Crippen LogP contribution is 2.36. The van der Waals surface area contributed by atoms with Gasteiger partial charge in [0.2, 0.25) is 0 Å². The number of hydrogen-bond donors (Lipinski definition) is 1. The van der Waals surface area contributed by atoms with Crippen molar-refractivity contribution < 1.29 is 9.72 Å². The van der Waals surface area contributed by atoms with E-state index in [4.69, 9.17) is 11.6 Å². The molecule has 0 aliphatic carbocycles. The van der Waals surface area contributed by atoms with Gasteiger partial charge in [0, 0.05) is 41.8 Å². The first-order valence-electron chi connectivity index (χ1n) is 9.18. The summed E-state index contributed by atoms with van der Waals surface area (Å²) in [7, 11) is 0. The van der Waals surface area contributed by atoms with Crippen molar-refractivity contribution in [2.45, 2.75) is 25.2 Å². The number of hydrogen-bond acceptors (Lipinski definition) is 3. The van der Waals surface area contributed by atoms with E-state index in [0.29, 0.717) is 29.6 Å². The largest absolute Gasteiger partial charge is 0.360 e. The third-order valence-corrected chi connectivity index (χ3v) is 6.05. The molecule has 0 spiro atoms. The maximum absolute atomic E-state index is 13.0. The van der Waals surface area contributed by atoms with E-state index in [2.05, 4.69) is 24.0 Å². The lowest BCUT2D eigenvalue weighted by Gasteiger charge is -2.40. The van der Waals surface area contributed by atoms with E-state index in [9.17, 15) is 14.9 Å². The van der Waals surface area contributed by atoms with Gasteiger partial charge in [0.1, 0.15) is 0 Å². The molecule has 6 nitrogen and oxygen atoms in total.